The smallest absolute Gasteiger partial charge is 0.221 e. The van der Waals surface area contributed by atoms with E-state index in [2.05, 4.69) is 5.32 Å². The van der Waals surface area contributed by atoms with Gasteiger partial charge in [0, 0.05) is 30.3 Å². The molecule has 0 atom stereocenters. The highest BCUT2D eigenvalue weighted by molar-refractivity contribution is 7.98. The van der Waals surface area contributed by atoms with Crippen LogP contribution in [0, 0.1) is 0 Å². The number of benzene rings is 1. The number of nitrogens with one attached hydrogen (secondary N) is 1. The first kappa shape index (κ1) is 14.8. The van der Waals surface area contributed by atoms with Gasteiger partial charge >= 0.3 is 0 Å². The number of hydrogen-bond donors (Lipinski definition) is 1. The van der Waals surface area contributed by atoms with Crippen molar-refractivity contribution in [3.8, 4) is 17.2 Å². The van der Waals surface area contributed by atoms with Gasteiger partial charge in [-0.1, -0.05) is 0 Å². The Bertz CT molecular complexity index is 478. The Morgan fingerprint density at radius 1 is 1.35 bits per heavy atom. The summed E-state index contributed by atoms with van der Waals surface area (Å²) >= 11 is 1.66. The van der Waals surface area contributed by atoms with Crippen molar-refractivity contribution < 1.29 is 19.0 Å². The summed E-state index contributed by atoms with van der Waals surface area (Å²) in [5, 5.41) is 2.89. The van der Waals surface area contributed by atoms with Gasteiger partial charge in [0.1, 0.15) is 19.0 Å². The predicted octanol–water partition coefficient (Wildman–Crippen LogP) is 1.84. The van der Waals surface area contributed by atoms with E-state index in [4.69, 9.17) is 14.2 Å². The van der Waals surface area contributed by atoms with Crippen molar-refractivity contribution in [3.05, 3.63) is 17.7 Å². The molecule has 0 aromatic heterocycles. The number of hydrogen-bond acceptors (Lipinski definition) is 5. The number of amides is 1. The molecule has 110 valence electrons. The van der Waals surface area contributed by atoms with Crippen LogP contribution in [0.5, 0.6) is 17.2 Å². The van der Waals surface area contributed by atoms with E-state index < -0.39 is 0 Å². The van der Waals surface area contributed by atoms with Crippen molar-refractivity contribution in [1.82, 2.24) is 5.32 Å². The lowest BCUT2D eigenvalue weighted by molar-refractivity contribution is -0.120. The number of carbonyl (C=O) groups is 1. The van der Waals surface area contributed by atoms with Crippen LogP contribution in [0.25, 0.3) is 0 Å². The maximum Gasteiger partial charge on any atom is 0.221 e. The van der Waals surface area contributed by atoms with Crippen molar-refractivity contribution in [2.45, 2.75) is 13.0 Å². The molecule has 0 saturated heterocycles. The minimum atomic E-state index is 0.0382. The monoisotopic (exact) mass is 297 g/mol. The summed E-state index contributed by atoms with van der Waals surface area (Å²) in [6.07, 6.45) is 2.51. The van der Waals surface area contributed by atoms with Crippen molar-refractivity contribution in [1.29, 1.82) is 0 Å². The zero-order valence-electron chi connectivity index (χ0n) is 11.7. The minimum Gasteiger partial charge on any atom is -0.496 e. The van der Waals surface area contributed by atoms with Gasteiger partial charge < -0.3 is 19.5 Å². The van der Waals surface area contributed by atoms with E-state index in [1.165, 1.54) is 0 Å². The molecule has 1 aliphatic rings. The van der Waals surface area contributed by atoms with Gasteiger partial charge in [0.15, 0.2) is 11.5 Å². The number of methoxy groups -OCH3 is 1. The quantitative estimate of drug-likeness (QED) is 0.868. The second kappa shape index (κ2) is 7.28. The first-order valence-corrected chi connectivity index (χ1v) is 7.86. The lowest BCUT2D eigenvalue weighted by Crippen LogP contribution is -2.23. The summed E-state index contributed by atoms with van der Waals surface area (Å²) in [6.45, 7) is 1.51. The van der Waals surface area contributed by atoms with E-state index >= 15 is 0 Å². The van der Waals surface area contributed by atoms with E-state index in [0.717, 1.165) is 11.3 Å². The zero-order valence-corrected chi connectivity index (χ0v) is 12.5. The van der Waals surface area contributed by atoms with E-state index in [1.807, 2.05) is 12.3 Å². The maximum absolute atomic E-state index is 11.6. The average molecular weight is 297 g/mol. The molecule has 6 heteroatoms. The summed E-state index contributed by atoms with van der Waals surface area (Å²) in [5.74, 6) is 2.94. The number of ether oxygens (including phenoxy) is 3. The van der Waals surface area contributed by atoms with E-state index in [9.17, 15) is 4.79 Å². The second-order valence-electron chi connectivity index (χ2n) is 4.33. The van der Waals surface area contributed by atoms with Crippen molar-refractivity contribution in [2.24, 2.45) is 0 Å². The molecule has 0 radical (unpaired) electrons. The summed E-state index contributed by atoms with van der Waals surface area (Å²) in [5.41, 5.74) is 0.884. The summed E-state index contributed by atoms with van der Waals surface area (Å²) in [7, 11) is 1.60. The third-order valence-electron chi connectivity index (χ3n) is 2.95. The van der Waals surface area contributed by atoms with Gasteiger partial charge in [-0.25, -0.2) is 0 Å². The zero-order chi connectivity index (χ0) is 14.4. The molecule has 1 aromatic carbocycles. The van der Waals surface area contributed by atoms with Crippen LogP contribution in [0.15, 0.2) is 12.1 Å². The van der Waals surface area contributed by atoms with Crippen molar-refractivity contribution >= 4 is 17.7 Å². The van der Waals surface area contributed by atoms with E-state index in [-0.39, 0.29) is 5.91 Å². The van der Waals surface area contributed by atoms with Gasteiger partial charge in [0.05, 0.1) is 7.11 Å². The minimum absolute atomic E-state index is 0.0382. The molecule has 0 aliphatic carbocycles. The highest BCUT2D eigenvalue weighted by Gasteiger charge is 2.16. The Morgan fingerprint density at radius 2 is 2.05 bits per heavy atom. The maximum atomic E-state index is 11.6. The van der Waals surface area contributed by atoms with Crippen LogP contribution in [0.1, 0.15) is 12.0 Å². The average Bonchev–Trinajstić information content (AvgIpc) is 2.49. The molecule has 0 spiro atoms. The molecule has 1 aromatic rings. The fourth-order valence-corrected chi connectivity index (χ4v) is 2.31. The van der Waals surface area contributed by atoms with E-state index in [0.29, 0.717) is 43.4 Å². The van der Waals surface area contributed by atoms with Gasteiger partial charge in [-0.15, -0.1) is 0 Å². The highest BCUT2D eigenvalue weighted by atomic mass is 32.2. The molecule has 1 N–H and O–H groups in total. The number of fused-ring (bicyclic) bond motifs is 1. The second-order valence-corrected chi connectivity index (χ2v) is 5.31. The molecular formula is C14H19NO4S. The highest BCUT2D eigenvalue weighted by Crippen LogP contribution is 2.36. The molecule has 1 heterocycles. The SMILES string of the molecule is COc1cc2c(cc1CNC(=O)CCSC)OCCO2. The van der Waals surface area contributed by atoms with Crippen LogP contribution >= 0.6 is 11.8 Å². The molecule has 0 unspecified atom stereocenters. The number of carbonyl (C=O) groups excluding carboxylic acids is 1. The van der Waals surface area contributed by atoms with Crippen LogP contribution < -0.4 is 19.5 Å². The third kappa shape index (κ3) is 3.72. The molecule has 0 bridgehead atoms. The van der Waals surface area contributed by atoms with Gasteiger partial charge in [0.2, 0.25) is 5.91 Å². The normalized spacial score (nSPS) is 12.9. The summed E-state index contributed by atoms with van der Waals surface area (Å²) < 4.78 is 16.4. The fourth-order valence-electron chi connectivity index (χ4n) is 1.92. The van der Waals surface area contributed by atoms with E-state index in [1.54, 1.807) is 24.9 Å². The predicted molar refractivity (Wildman–Crippen MR) is 78.8 cm³/mol. The van der Waals surface area contributed by atoms with Crippen molar-refractivity contribution in [2.75, 3.05) is 32.3 Å². The fraction of sp³-hybridized carbons (Fsp3) is 0.500. The molecule has 2 rings (SSSR count). The Morgan fingerprint density at radius 3 is 2.70 bits per heavy atom. The van der Waals surface area contributed by atoms with Crippen molar-refractivity contribution in [3.63, 3.8) is 0 Å². The van der Waals surface area contributed by atoms with Gasteiger partial charge in [-0.3, -0.25) is 4.79 Å². The van der Waals surface area contributed by atoms with Crippen LogP contribution in [0.3, 0.4) is 0 Å². The van der Waals surface area contributed by atoms with Gasteiger partial charge in [-0.2, -0.15) is 11.8 Å². The molecule has 20 heavy (non-hydrogen) atoms. The standard InChI is InChI=1S/C14H19NO4S/c1-17-11-8-13-12(18-4-5-19-13)7-10(11)9-15-14(16)3-6-20-2/h7-8H,3-6,9H2,1-2H3,(H,15,16). The Balaban J connectivity index is 2.04. The van der Waals surface area contributed by atoms with Gasteiger partial charge in [0.25, 0.3) is 0 Å². The van der Waals surface area contributed by atoms with Crippen LogP contribution in [0.4, 0.5) is 0 Å². The number of thioether (sulfide) groups is 1. The topological polar surface area (TPSA) is 56.8 Å². The largest absolute Gasteiger partial charge is 0.496 e. The Labute approximate surface area is 123 Å². The first-order valence-electron chi connectivity index (χ1n) is 6.46. The Kier molecular flexibility index (Phi) is 5.40. The lowest BCUT2D eigenvalue weighted by atomic mass is 10.1. The first-order chi connectivity index (χ1) is 9.74. The summed E-state index contributed by atoms with van der Waals surface area (Å²) in [6, 6.07) is 3.67. The molecule has 5 nitrogen and oxygen atoms in total. The molecule has 0 saturated carbocycles. The van der Waals surface area contributed by atoms with Crippen LogP contribution in [-0.2, 0) is 11.3 Å². The molecule has 1 aliphatic heterocycles. The molecular weight excluding hydrogens is 278 g/mol. The number of rotatable bonds is 6. The molecule has 0 fully saturated rings. The Hall–Kier alpha value is -1.56. The van der Waals surface area contributed by atoms with Crippen LogP contribution in [-0.4, -0.2) is 38.2 Å². The molecule has 1 amide bonds. The lowest BCUT2D eigenvalue weighted by Gasteiger charge is -2.20. The summed E-state index contributed by atoms with van der Waals surface area (Å²) in [4.78, 5) is 11.6. The van der Waals surface area contributed by atoms with Crippen LogP contribution in [0.2, 0.25) is 0 Å². The third-order valence-corrected chi connectivity index (χ3v) is 3.57. The van der Waals surface area contributed by atoms with Gasteiger partial charge in [-0.05, 0) is 12.3 Å².